The molecule has 0 atom stereocenters. The molecule has 3 rings (SSSR count). The third-order valence-corrected chi connectivity index (χ3v) is 6.45. The summed E-state index contributed by atoms with van der Waals surface area (Å²) in [5.41, 5.74) is -0.454. The molecule has 0 heterocycles. The summed E-state index contributed by atoms with van der Waals surface area (Å²) in [6.45, 7) is 1.92. The van der Waals surface area contributed by atoms with Crippen LogP contribution in [0.25, 0.3) is 0 Å². The molecule has 0 aliphatic heterocycles. The summed E-state index contributed by atoms with van der Waals surface area (Å²) in [6.07, 6.45) is 2.91. The number of benzene rings is 2. The van der Waals surface area contributed by atoms with Crippen LogP contribution in [0.4, 0.5) is 0 Å². The van der Waals surface area contributed by atoms with Crippen molar-refractivity contribution in [1.82, 2.24) is 4.72 Å². The fraction of sp³-hybridized carbons (Fsp3) is 0.350. The Labute approximate surface area is 159 Å². The maximum Gasteiger partial charge on any atom is 0.324 e. The Balaban J connectivity index is 1.79. The number of hydrogen-bond acceptors (Lipinski definition) is 4. The predicted molar refractivity (Wildman–Crippen MR) is 101 cm³/mol. The number of sulfonamides is 1. The molecular weight excluding hydrogens is 366 g/mol. The first-order valence-corrected chi connectivity index (χ1v) is 10.4. The number of para-hydroxylation sites is 1. The molecule has 0 spiro atoms. The third kappa shape index (κ3) is 4.31. The van der Waals surface area contributed by atoms with Crippen LogP contribution in [0.3, 0.4) is 0 Å². The second-order valence-corrected chi connectivity index (χ2v) is 8.57. The molecule has 1 saturated carbocycles. The molecule has 6 nitrogen and oxygen atoms in total. The van der Waals surface area contributed by atoms with E-state index in [1.165, 1.54) is 12.1 Å². The first-order valence-electron chi connectivity index (χ1n) is 8.93. The normalized spacial score (nSPS) is 16.6. The van der Waals surface area contributed by atoms with Gasteiger partial charge in [0.25, 0.3) is 0 Å². The number of rotatable bonds is 6. The van der Waals surface area contributed by atoms with E-state index in [1.807, 2.05) is 31.2 Å². The molecule has 7 heteroatoms. The lowest BCUT2D eigenvalue weighted by Gasteiger charge is -2.33. The number of carboxylic acids is 1. The van der Waals surface area contributed by atoms with E-state index in [1.54, 1.807) is 12.1 Å². The summed E-state index contributed by atoms with van der Waals surface area (Å²) >= 11 is 0. The largest absolute Gasteiger partial charge is 0.480 e. The monoisotopic (exact) mass is 389 g/mol. The maximum atomic E-state index is 12.7. The molecule has 0 saturated heterocycles. The fourth-order valence-electron chi connectivity index (χ4n) is 3.32. The zero-order chi connectivity index (χ0) is 19.5. The van der Waals surface area contributed by atoms with Gasteiger partial charge in [-0.05, 0) is 55.7 Å². The van der Waals surface area contributed by atoms with Gasteiger partial charge in [-0.25, -0.2) is 8.42 Å². The van der Waals surface area contributed by atoms with Crippen LogP contribution in [0.5, 0.6) is 11.5 Å². The molecule has 0 aromatic heterocycles. The highest BCUT2D eigenvalue weighted by atomic mass is 32.2. The predicted octanol–water partition coefficient (Wildman–Crippen LogP) is 3.85. The van der Waals surface area contributed by atoms with Crippen molar-refractivity contribution >= 4 is 16.0 Å². The van der Waals surface area contributed by atoms with Crippen LogP contribution in [-0.4, -0.2) is 25.0 Å². The highest BCUT2D eigenvalue weighted by molar-refractivity contribution is 7.89. The topological polar surface area (TPSA) is 92.7 Å². The standard InChI is InChI=1S/C20H23NO5S/c1-15-7-3-4-8-18(15)26-16-9-11-17(12-10-16)27(24,25)21-20(19(22)23)13-5-2-6-14-20/h3-4,7-12,21H,2,5-6,13-14H2,1H3,(H,22,23). The van der Waals surface area contributed by atoms with Gasteiger partial charge in [0.15, 0.2) is 0 Å². The molecule has 2 N–H and O–H groups in total. The molecule has 0 unspecified atom stereocenters. The van der Waals surface area contributed by atoms with E-state index < -0.39 is 21.5 Å². The summed E-state index contributed by atoms with van der Waals surface area (Å²) in [5, 5.41) is 9.59. The van der Waals surface area contributed by atoms with Gasteiger partial charge in [-0.3, -0.25) is 4.79 Å². The minimum atomic E-state index is -3.95. The van der Waals surface area contributed by atoms with E-state index in [4.69, 9.17) is 4.74 Å². The molecule has 0 amide bonds. The summed E-state index contributed by atoms with van der Waals surface area (Å²) < 4.78 is 33.6. The minimum absolute atomic E-state index is 0.0193. The van der Waals surface area contributed by atoms with Gasteiger partial charge in [0.05, 0.1) is 4.90 Å². The molecule has 1 aliphatic rings. The lowest BCUT2D eigenvalue weighted by atomic mass is 9.83. The van der Waals surface area contributed by atoms with E-state index in [2.05, 4.69) is 4.72 Å². The Kier molecular flexibility index (Phi) is 5.53. The van der Waals surface area contributed by atoms with Crippen LogP contribution in [-0.2, 0) is 14.8 Å². The molecule has 1 aliphatic carbocycles. The Morgan fingerprint density at radius 1 is 1.04 bits per heavy atom. The van der Waals surface area contributed by atoms with Crippen molar-refractivity contribution in [2.45, 2.75) is 49.5 Å². The highest BCUT2D eigenvalue weighted by Gasteiger charge is 2.43. The van der Waals surface area contributed by atoms with Crippen LogP contribution in [0.1, 0.15) is 37.7 Å². The van der Waals surface area contributed by atoms with E-state index in [0.29, 0.717) is 37.2 Å². The van der Waals surface area contributed by atoms with Gasteiger partial charge >= 0.3 is 5.97 Å². The highest BCUT2D eigenvalue weighted by Crippen LogP contribution is 2.31. The van der Waals surface area contributed by atoms with Gasteiger partial charge in [0, 0.05) is 0 Å². The molecule has 2 aromatic rings. The summed E-state index contributed by atoms with van der Waals surface area (Å²) in [7, 11) is -3.95. The zero-order valence-corrected chi connectivity index (χ0v) is 16.0. The molecule has 0 radical (unpaired) electrons. The summed E-state index contributed by atoms with van der Waals surface area (Å²) in [5.74, 6) is 0.0809. The summed E-state index contributed by atoms with van der Waals surface area (Å²) in [4.78, 5) is 11.7. The quantitative estimate of drug-likeness (QED) is 0.783. The van der Waals surface area contributed by atoms with E-state index in [0.717, 1.165) is 12.0 Å². The molecule has 0 bridgehead atoms. The van der Waals surface area contributed by atoms with Crippen LogP contribution >= 0.6 is 0 Å². The molecule has 144 valence electrons. The Hall–Kier alpha value is -2.38. The van der Waals surface area contributed by atoms with Gasteiger partial charge in [-0.15, -0.1) is 0 Å². The third-order valence-electron chi connectivity index (χ3n) is 4.90. The van der Waals surface area contributed by atoms with Crippen molar-refractivity contribution in [2.24, 2.45) is 0 Å². The fourth-order valence-corrected chi connectivity index (χ4v) is 4.73. The molecule has 2 aromatic carbocycles. The van der Waals surface area contributed by atoms with Crippen LogP contribution in [0, 0.1) is 6.92 Å². The Morgan fingerprint density at radius 2 is 1.67 bits per heavy atom. The number of ether oxygens (including phenoxy) is 1. The number of hydrogen-bond donors (Lipinski definition) is 2. The maximum absolute atomic E-state index is 12.7. The Bertz CT molecular complexity index is 916. The van der Waals surface area contributed by atoms with Crippen LogP contribution < -0.4 is 9.46 Å². The van der Waals surface area contributed by atoms with Crippen LogP contribution in [0.2, 0.25) is 0 Å². The van der Waals surface area contributed by atoms with Crippen LogP contribution in [0.15, 0.2) is 53.4 Å². The number of aliphatic carboxylic acids is 1. The smallest absolute Gasteiger partial charge is 0.324 e. The molecule has 1 fully saturated rings. The lowest BCUT2D eigenvalue weighted by molar-refractivity contribution is -0.145. The first-order chi connectivity index (χ1) is 12.8. The minimum Gasteiger partial charge on any atom is -0.480 e. The van der Waals surface area contributed by atoms with Crippen molar-refractivity contribution in [3.05, 3.63) is 54.1 Å². The second kappa shape index (κ2) is 7.70. The van der Waals surface area contributed by atoms with Crippen molar-refractivity contribution in [3.63, 3.8) is 0 Å². The number of carboxylic acid groups (broad SMARTS) is 1. The Morgan fingerprint density at radius 3 is 2.26 bits per heavy atom. The van der Waals surface area contributed by atoms with Gasteiger partial charge in [-0.2, -0.15) is 4.72 Å². The average Bonchev–Trinajstić information content (AvgIpc) is 2.64. The molecular formula is C20H23NO5S. The van der Waals surface area contributed by atoms with Gasteiger partial charge in [-0.1, -0.05) is 37.5 Å². The van der Waals surface area contributed by atoms with E-state index >= 15 is 0 Å². The first kappa shape index (κ1) is 19.4. The van der Waals surface area contributed by atoms with Crippen molar-refractivity contribution in [3.8, 4) is 11.5 Å². The van der Waals surface area contributed by atoms with Gasteiger partial charge in [0.2, 0.25) is 10.0 Å². The van der Waals surface area contributed by atoms with Crippen molar-refractivity contribution < 1.29 is 23.1 Å². The second-order valence-electron chi connectivity index (χ2n) is 6.89. The SMILES string of the molecule is Cc1ccccc1Oc1ccc(S(=O)(=O)NC2(C(=O)O)CCCCC2)cc1. The van der Waals surface area contributed by atoms with E-state index in [-0.39, 0.29) is 4.90 Å². The molecule has 27 heavy (non-hydrogen) atoms. The number of aryl methyl sites for hydroxylation is 1. The van der Waals surface area contributed by atoms with Crippen molar-refractivity contribution in [2.75, 3.05) is 0 Å². The number of carbonyl (C=O) groups is 1. The number of nitrogens with one attached hydrogen (secondary N) is 1. The zero-order valence-electron chi connectivity index (χ0n) is 15.1. The van der Waals surface area contributed by atoms with Gasteiger partial charge < -0.3 is 9.84 Å². The van der Waals surface area contributed by atoms with Gasteiger partial charge in [0.1, 0.15) is 17.0 Å². The van der Waals surface area contributed by atoms with Crippen molar-refractivity contribution in [1.29, 1.82) is 0 Å². The lowest BCUT2D eigenvalue weighted by Crippen LogP contribution is -2.55. The average molecular weight is 389 g/mol. The summed E-state index contributed by atoms with van der Waals surface area (Å²) in [6, 6.07) is 13.5. The van der Waals surface area contributed by atoms with E-state index in [9.17, 15) is 18.3 Å².